The molecule has 2 nitrogen and oxygen atoms in total. The van der Waals surface area contributed by atoms with Crippen LogP contribution in [0.2, 0.25) is 14.8 Å². The summed E-state index contributed by atoms with van der Waals surface area (Å²) in [6, 6.07) is 0. The quantitative estimate of drug-likeness (QED) is 0.581. The van der Waals surface area contributed by atoms with Crippen molar-refractivity contribution >= 4 is 24.3 Å². The Balaban J connectivity index is 3.86. The molecule has 0 saturated carbocycles. The predicted molar refractivity (Wildman–Crippen MR) is 40.1 cm³/mol. The second kappa shape index (κ2) is 3.25. The van der Waals surface area contributed by atoms with Crippen molar-refractivity contribution in [3.63, 3.8) is 0 Å². The zero-order chi connectivity index (χ0) is 7.49. The average molecular weight is 235 g/mol. The van der Waals surface area contributed by atoms with E-state index in [-0.39, 0.29) is 0 Å². The molecule has 9 heavy (non-hydrogen) atoms. The van der Waals surface area contributed by atoms with Gasteiger partial charge in [-0.05, 0) is 0 Å². The minimum atomic E-state index is -1.92. The molecule has 0 rings (SSSR count). The summed E-state index contributed by atoms with van der Waals surface area (Å²) >= 11 is -1.92. The fourth-order valence-electron chi connectivity index (χ4n) is 0.321. The predicted octanol–water partition coefficient (Wildman–Crippen LogP) is 1.50. The van der Waals surface area contributed by atoms with Crippen LogP contribution in [0.15, 0.2) is 10.2 Å². The van der Waals surface area contributed by atoms with Gasteiger partial charge in [0.25, 0.3) is 0 Å². The van der Waals surface area contributed by atoms with Crippen LogP contribution in [0.4, 0.5) is 0 Å². The third-order valence-corrected chi connectivity index (χ3v) is 4.06. The first kappa shape index (κ1) is 9.01. The van der Waals surface area contributed by atoms with Gasteiger partial charge in [0.15, 0.2) is 0 Å². The number of hydrogen-bond acceptors (Lipinski definition) is 1. The summed E-state index contributed by atoms with van der Waals surface area (Å²) < 4.78 is 1.87. The summed E-state index contributed by atoms with van der Waals surface area (Å²) in [5, 5.41) is 8.22. The van der Waals surface area contributed by atoms with Crippen molar-refractivity contribution in [2.45, 2.75) is 14.8 Å². The number of hydrogen-bond donors (Lipinski definition) is 1. The second-order valence-corrected chi connectivity index (χ2v) is 17.5. The van der Waals surface area contributed by atoms with Crippen LogP contribution >= 0.6 is 0 Å². The minimum absolute atomic E-state index is 0.832. The maximum absolute atomic E-state index is 9.99. The van der Waals surface area contributed by atoms with E-state index >= 15 is 0 Å². The Kier molecular flexibility index (Phi) is 3.25. The zero-order valence-electron chi connectivity index (χ0n) is 6.01. The molecule has 0 aliphatic rings. The van der Waals surface area contributed by atoms with Crippen LogP contribution in [0.1, 0.15) is 0 Å². The van der Waals surface area contributed by atoms with E-state index in [1.165, 1.54) is 6.08 Å². The molecule has 0 atom stereocenters. The Morgan fingerprint density at radius 2 is 1.89 bits per heavy atom. The molecule has 3 heteroatoms. The summed E-state index contributed by atoms with van der Waals surface area (Å²) in [5.74, 6) is -0.832. The van der Waals surface area contributed by atoms with Crippen molar-refractivity contribution < 1.29 is 9.90 Å². The Morgan fingerprint density at radius 1 is 1.44 bits per heavy atom. The normalized spacial score (nSPS) is 12.3. The van der Waals surface area contributed by atoms with Crippen molar-refractivity contribution in [2.24, 2.45) is 0 Å². The van der Waals surface area contributed by atoms with Gasteiger partial charge < -0.3 is 0 Å². The fourth-order valence-corrected chi connectivity index (χ4v) is 2.16. The summed E-state index contributed by atoms with van der Waals surface area (Å²) in [6.45, 7) is 0. The molecule has 0 spiro atoms. The van der Waals surface area contributed by atoms with E-state index in [0.717, 1.165) is 0 Å². The molecule has 0 aromatic heterocycles. The summed E-state index contributed by atoms with van der Waals surface area (Å²) in [6.07, 6.45) is 1.26. The zero-order valence-corrected chi connectivity index (χ0v) is 8.86. The molecule has 0 bridgehead atoms. The summed E-state index contributed by atoms with van der Waals surface area (Å²) in [4.78, 5) is 16.5. The number of rotatable bonds is 2. The monoisotopic (exact) mass is 236 g/mol. The van der Waals surface area contributed by atoms with Crippen LogP contribution in [-0.4, -0.2) is 29.5 Å². The van der Waals surface area contributed by atoms with Crippen LogP contribution < -0.4 is 0 Å². The van der Waals surface area contributed by atoms with Gasteiger partial charge in [-0.15, -0.1) is 0 Å². The van der Waals surface area contributed by atoms with Crippen molar-refractivity contribution in [3.8, 4) is 0 Å². The number of carboxylic acids is 1. The van der Waals surface area contributed by atoms with E-state index in [2.05, 4.69) is 14.8 Å². The molecule has 0 aliphatic heterocycles. The van der Waals surface area contributed by atoms with Crippen LogP contribution in [0.25, 0.3) is 0 Å². The molecule has 0 aromatic carbocycles. The van der Waals surface area contributed by atoms with Gasteiger partial charge in [-0.1, -0.05) is 0 Å². The first-order valence-corrected chi connectivity index (χ1v) is 13.0. The molecule has 0 saturated heterocycles. The molecule has 0 aromatic rings. The average Bonchev–Trinajstić information content (AvgIpc) is 1.59. The van der Waals surface area contributed by atoms with Crippen molar-refractivity contribution in [2.75, 3.05) is 0 Å². The van der Waals surface area contributed by atoms with Crippen LogP contribution in [0.5, 0.6) is 0 Å². The van der Waals surface area contributed by atoms with E-state index in [1.807, 2.05) is 4.09 Å². The Morgan fingerprint density at radius 3 is 2.00 bits per heavy atom. The summed E-state index contributed by atoms with van der Waals surface area (Å²) in [7, 11) is 0. The van der Waals surface area contributed by atoms with E-state index in [4.69, 9.17) is 5.11 Å². The molecular weight excluding hydrogens is 223 g/mol. The van der Waals surface area contributed by atoms with Crippen molar-refractivity contribution in [1.82, 2.24) is 0 Å². The van der Waals surface area contributed by atoms with Crippen LogP contribution in [0.3, 0.4) is 0 Å². The van der Waals surface area contributed by atoms with Crippen molar-refractivity contribution in [1.29, 1.82) is 0 Å². The Labute approximate surface area is 59.4 Å². The fraction of sp³-hybridized carbons (Fsp3) is 0.500. The Bertz CT molecular complexity index is 132. The van der Waals surface area contributed by atoms with Crippen LogP contribution in [-0.2, 0) is 4.79 Å². The van der Waals surface area contributed by atoms with E-state index in [0.29, 0.717) is 0 Å². The van der Waals surface area contributed by atoms with Gasteiger partial charge in [-0.25, -0.2) is 0 Å². The molecule has 0 radical (unpaired) electrons. The number of carboxylic acid groups (broad SMARTS) is 1. The van der Waals surface area contributed by atoms with E-state index in [1.54, 1.807) is 0 Å². The van der Waals surface area contributed by atoms with E-state index in [9.17, 15) is 4.79 Å². The molecule has 0 amide bonds. The second-order valence-electron chi connectivity index (χ2n) is 3.04. The van der Waals surface area contributed by atoms with Gasteiger partial charge in [0.1, 0.15) is 0 Å². The third-order valence-electron chi connectivity index (χ3n) is 0.726. The molecule has 52 valence electrons. The SMILES string of the molecule is [CH3][Sn]([CH3])([CH3])[CH]=CC(=O)O. The number of aliphatic carboxylic acids is 1. The van der Waals surface area contributed by atoms with Gasteiger partial charge in [-0.3, -0.25) is 0 Å². The van der Waals surface area contributed by atoms with Gasteiger partial charge >= 0.3 is 59.2 Å². The first-order valence-electron chi connectivity index (χ1n) is 2.84. The molecule has 0 unspecified atom stereocenters. The molecule has 1 N–H and O–H groups in total. The molecule has 0 fully saturated rings. The standard InChI is InChI=1S/C3H3O2.3CH3.Sn/c1-2-3(4)5;;;;/h1-2H,(H,4,5);3*1H3;. The van der Waals surface area contributed by atoms with Crippen LogP contribution in [0, 0.1) is 0 Å². The van der Waals surface area contributed by atoms with Gasteiger partial charge in [0.2, 0.25) is 0 Å². The third kappa shape index (κ3) is 8.01. The first-order chi connectivity index (χ1) is 3.92. The van der Waals surface area contributed by atoms with E-state index < -0.39 is 24.3 Å². The molecule has 0 heterocycles. The van der Waals surface area contributed by atoms with Gasteiger partial charge in [-0.2, -0.15) is 0 Å². The number of carbonyl (C=O) groups is 1. The van der Waals surface area contributed by atoms with Gasteiger partial charge in [0.05, 0.1) is 0 Å². The van der Waals surface area contributed by atoms with Gasteiger partial charge in [0, 0.05) is 0 Å². The molecule has 0 aliphatic carbocycles. The topological polar surface area (TPSA) is 37.3 Å². The maximum atomic E-state index is 9.99. The molecular formula is C6H12O2Sn. The van der Waals surface area contributed by atoms with Crippen molar-refractivity contribution in [3.05, 3.63) is 10.2 Å². The Hall–Kier alpha value is 0.00870. The summed E-state index contributed by atoms with van der Waals surface area (Å²) in [5.41, 5.74) is 0.